The highest BCUT2D eigenvalue weighted by atomic mass is 35.5. The Labute approximate surface area is 104 Å². The highest BCUT2D eigenvalue weighted by molar-refractivity contribution is 6.18. The molecule has 0 saturated carbocycles. The third-order valence-corrected chi connectivity index (χ3v) is 3.59. The van der Waals surface area contributed by atoms with Gasteiger partial charge in [-0.1, -0.05) is 17.7 Å². The Morgan fingerprint density at radius 2 is 1.62 bits per heavy atom. The molecular weight excluding hydrogens is 218 g/mol. The molecule has 90 valence electrons. The van der Waals surface area contributed by atoms with Crippen LogP contribution in [0.4, 0.5) is 0 Å². The molecule has 0 fully saturated rings. The molecule has 0 amide bonds. The van der Waals surface area contributed by atoms with Crippen LogP contribution in [0.3, 0.4) is 0 Å². The lowest BCUT2D eigenvalue weighted by molar-refractivity contribution is 0.428. The van der Waals surface area contributed by atoms with Gasteiger partial charge >= 0.3 is 0 Å². The molecule has 0 aliphatic carbocycles. The van der Waals surface area contributed by atoms with Gasteiger partial charge in [0.1, 0.15) is 0 Å². The number of benzene rings is 1. The SMILES string of the molecule is Cc1cc(C)c(CNC(C)(C)CCl)c(C)c1. The van der Waals surface area contributed by atoms with Crippen molar-refractivity contribution in [3.8, 4) is 0 Å². The lowest BCUT2D eigenvalue weighted by Gasteiger charge is -2.24. The summed E-state index contributed by atoms with van der Waals surface area (Å²) in [6, 6.07) is 4.47. The van der Waals surface area contributed by atoms with E-state index in [0.29, 0.717) is 5.88 Å². The number of halogens is 1. The Morgan fingerprint density at radius 1 is 1.12 bits per heavy atom. The summed E-state index contributed by atoms with van der Waals surface area (Å²) in [5, 5.41) is 3.49. The molecule has 0 aliphatic rings. The van der Waals surface area contributed by atoms with Crippen molar-refractivity contribution in [3.63, 3.8) is 0 Å². The third kappa shape index (κ3) is 3.50. The second kappa shape index (κ2) is 5.20. The molecule has 0 spiro atoms. The molecule has 0 bridgehead atoms. The number of alkyl halides is 1. The first-order valence-corrected chi connectivity index (χ1v) is 6.27. The second-order valence-electron chi connectivity index (χ2n) is 5.25. The Balaban J connectivity index is 2.82. The number of nitrogens with one attached hydrogen (secondary N) is 1. The van der Waals surface area contributed by atoms with E-state index in [9.17, 15) is 0 Å². The molecule has 16 heavy (non-hydrogen) atoms. The molecule has 1 aromatic rings. The molecular formula is C14H22ClN. The van der Waals surface area contributed by atoms with Gasteiger partial charge in [-0.05, 0) is 51.3 Å². The molecule has 1 aromatic carbocycles. The minimum Gasteiger partial charge on any atom is -0.307 e. The lowest BCUT2D eigenvalue weighted by Crippen LogP contribution is -2.40. The Kier molecular flexibility index (Phi) is 4.40. The standard InChI is InChI=1S/C14H22ClN/c1-10-6-11(2)13(12(3)7-10)8-16-14(4,5)9-15/h6-7,16H,8-9H2,1-5H3. The van der Waals surface area contributed by atoms with Crippen LogP contribution in [-0.2, 0) is 6.54 Å². The molecule has 1 N–H and O–H groups in total. The summed E-state index contributed by atoms with van der Waals surface area (Å²) in [6.07, 6.45) is 0. The third-order valence-electron chi connectivity index (χ3n) is 2.92. The van der Waals surface area contributed by atoms with Crippen molar-refractivity contribution in [2.24, 2.45) is 0 Å². The molecule has 0 radical (unpaired) electrons. The van der Waals surface area contributed by atoms with E-state index in [4.69, 9.17) is 11.6 Å². The van der Waals surface area contributed by atoms with E-state index < -0.39 is 0 Å². The highest BCUT2D eigenvalue weighted by Gasteiger charge is 2.15. The van der Waals surface area contributed by atoms with Gasteiger partial charge in [-0.25, -0.2) is 0 Å². The zero-order valence-corrected chi connectivity index (χ0v) is 11.7. The minimum absolute atomic E-state index is 0.00861. The molecule has 0 aliphatic heterocycles. The summed E-state index contributed by atoms with van der Waals surface area (Å²) < 4.78 is 0. The van der Waals surface area contributed by atoms with Crippen LogP contribution in [0.2, 0.25) is 0 Å². The molecule has 0 heterocycles. The molecule has 0 aromatic heterocycles. The molecule has 0 unspecified atom stereocenters. The zero-order valence-electron chi connectivity index (χ0n) is 10.9. The largest absolute Gasteiger partial charge is 0.307 e. The van der Waals surface area contributed by atoms with Gasteiger partial charge in [0.2, 0.25) is 0 Å². The molecule has 2 heteroatoms. The summed E-state index contributed by atoms with van der Waals surface area (Å²) in [5.41, 5.74) is 5.43. The maximum atomic E-state index is 5.90. The van der Waals surface area contributed by atoms with E-state index in [1.54, 1.807) is 0 Å². The van der Waals surface area contributed by atoms with Gasteiger partial charge < -0.3 is 5.32 Å². The minimum atomic E-state index is -0.00861. The average molecular weight is 240 g/mol. The van der Waals surface area contributed by atoms with Crippen molar-refractivity contribution in [1.82, 2.24) is 5.32 Å². The van der Waals surface area contributed by atoms with Crippen LogP contribution in [-0.4, -0.2) is 11.4 Å². The van der Waals surface area contributed by atoms with Gasteiger partial charge in [0.15, 0.2) is 0 Å². The summed E-state index contributed by atoms with van der Waals surface area (Å²) in [7, 11) is 0. The fraction of sp³-hybridized carbons (Fsp3) is 0.571. The number of rotatable bonds is 4. The van der Waals surface area contributed by atoms with Crippen LogP contribution in [0.1, 0.15) is 36.1 Å². The van der Waals surface area contributed by atoms with Gasteiger partial charge in [-0.3, -0.25) is 0 Å². The predicted octanol–water partition coefficient (Wildman–Crippen LogP) is 3.72. The Morgan fingerprint density at radius 3 is 2.06 bits per heavy atom. The van der Waals surface area contributed by atoms with E-state index in [2.05, 4.69) is 52.1 Å². The quantitative estimate of drug-likeness (QED) is 0.790. The van der Waals surface area contributed by atoms with Crippen molar-refractivity contribution in [3.05, 3.63) is 34.4 Å². The number of aryl methyl sites for hydroxylation is 3. The first-order valence-electron chi connectivity index (χ1n) is 5.73. The van der Waals surface area contributed by atoms with Gasteiger partial charge in [-0.15, -0.1) is 11.6 Å². The van der Waals surface area contributed by atoms with Crippen LogP contribution >= 0.6 is 11.6 Å². The Hall–Kier alpha value is -0.530. The zero-order chi connectivity index (χ0) is 12.3. The summed E-state index contributed by atoms with van der Waals surface area (Å²) >= 11 is 5.90. The average Bonchev–Trinajstić information content (AvgIpc) is 2.16. The van der Waals surface area contributed by atoms with Crippen LogP contribution in [0.5, 0.6) is 0 Å². The van der Waals surface area contributed by atoms with Crippen LogP contribution in [0.25, 0.3) is 0 Å². The smallest absolute Gasteiger partial charge is 0.0400 e. The Bertz CT molecular complexity index is 346. The number of hydrogen-bond donors (Lipinski definition) is 1. The van der Waals surface area contributed by atoms with E-state index in [0.717, 1.165) is 6.54 Å². The summed E-state index contributed by atoms with van der Waals surface area (Å²) in [6.45, 7) is 11.6. The maximum absolute atomic E-state index is 5.90. The molecule has 0 atom stereocenters. The van der Waals surface area contributed by atoms with E-state index >= 15 is 0 Å². The molecule has 0 saturated heterocycles. The van der Waals surface area contributed by atoms with Crippen molar-refractivity contribution in [1.29, 1.82) is 0 Å². The van der Waals surface area contributed by atoms with Gasteiger partial charge in [-0.2, -0.15) is 0 Å². The van der Waals surface area contributed by atoms with E-state index in [1.165, 1.54) is 22.3 Å². The fourth-order valence-corrected chi connectivity index (χ4v) is 1.96. The van der Waals surface area contributed by atoms with Crippen LogP contribution < -0.4 is 5.32 Å². The lowest BCUT2D eigenvalue weighted by atomic mass is 9.98. The first-order chi connectivity index (χ1) is 7.35. The maximum Gasteiger partial charge on any atom is 0.0400 e. The van der Waals surface area contributed by atoms with Crippen molar-refractivity contribution in [2.45, 2.75) is 46.7 Å². The normalized spacial score (nSPS) is 11.9. The van der Waals surface area contributed by atoms with Crippen molar-refractivity contribution in [2.75, 3.05) is 5.88 Å². The first kappa shape index (κ1) is 13.5. The monoisotopic (exact) mass is 239 g/mol. The van der Waals surface area contributed by atoms with Gasteiger partial charge in [0.25, 0.3) is 0 Å². The molecule has 1 rings (SSSR count). The van der Waals surface area contributed by atoms with E-state index in [1.807, 2.05) is 0 Å². The van der Waals surface area contributed by atoms with Gasteiger partial charge in [0, 0.05) is 18.0 Å². The summed E-state index contributed by atoms with van der Waals surface area (Å²) in [5.74, 6) is 0.622. The van der Waals surface area contributed by atoms with Crippen molar-refractivity contribution >= 4 is 11.6 Å². The summed E-state index contributed by atoms with van der Waals surface area (Å²) in [4.78, 5) is 0. The van der Waals surface area contributed by atoms with Crippen LogP contribution in [0.15, 0.2) is 12.1 Å². The second-order valence-corrected chi connectivity index (χ2v) is 5.52. The number of hydrogen-bond acceptors (Lipinski definition) is 1. The molecule has 1 nitrogen and oxygen atoms in total. The fourth-order valence-electron chi connectivity index (χ4n) is 1.86. The topological polar surface area (TPSA) is 12.0 Å². The predicted molar refractivity (Wildman–Crippen MR) is 72.3 cm³/mol. The highest BCUT2D eigenvalue weighted by Crippen LogP contribution is 2.17. The van der Waals surface area contributed by atoms with E-state index in [-0.39, 0.29) is 5.54 Å². The van der Waals surface area contributed by atoms with Crippen molar-refractivity contribution < 1.29 is 0 Å². The van der Waals surface area contributed by atoms with Gasteiger partial charge in [0.05, 0.1) is 0 Å². The van der Waals surface area contributed by atoms with Crippen LogP contribution in [0, 0.1) is 20.8 Å².